The molecule has 0 aromatic heterocycles. The van der Waals surface area contributed by atoms with E-state index >= 15 is 0 Å². The molecule has 1 heterocycles. The predicted octanol–water partition coefficient (Wildman–Crippen LogP) is 2.37. The van der Waals surface area contributed by atoms with E-state index in [4.69, 9.17) is 0 Å². The lowest BCUT2D eigenvalue weighted by atomic mass is 10.0. The summed E-state index contributed by atoms with van der Waals surface area (Å²) in [5.41, 5.74) is 1.87. The van der Waals surface area contributed by atoms with E-state index < -0.39 is 0 Å². The Morgan fingerprint density at radius 3 is 3.00 bits per heavy atom. The molecule has 1 saturated heterocycles. The molecule has 0 bridgehead atoms. The molecule has 17 heavy (non-hydrogen) atoms. The third-order valence-corrected chi connectivity index (χ3v) is 3.35. The lowest BCUT2D eigenvalue weighted by Crippen LogP contribution is -2.41. The largest absolute Gasteiger partial charge is 0.313 e. The van der Waals surface area contributed by atoms with Crippen LogP contribution in [0.3, 0.4) is 0 Å². The van der Waals surface area contributed by atoms with Gasteiger partial charge in [-0.3, -0.25) is 0 Å². The fourth-order valence-corrected chi connectivity index (χ4v) is 2.31. The molecule has 1 aromatic rings. The lowest BCUT2D eigenvalue weighted by molar-refractivity contribution is 0.383. The molecule has 1 fully saturated rings. The van der Waals surface area contributed by atoms with Crippen molar-refractivity contribution in [1.82, 2.24) is 10.6 Å². The van der Waals surface area contributed by atoms with E-state index in [1.54, 1.807) is 6.07 Å². The molecule has 0 aliphatic carbocycles. The Bertz CT molecular complexity index is 359. The van der Waals surface area contributed by atoms with Crippen molar-refractivity contribution < 1.29 is 4.39 Å². The molecular formula is C14H21FN2. The number of hydrogen-bond donors (Lipinski definition) is 2. The molecule has 2 N–H and O–H groups in total. The highest BCUT2D eigenvalue weighted by Gasteiger charge is 2.11. The van der Waals surface area contributed by atoms with E-state index in [-0.39, 0.29) is 5.82 Å². The first-order chi connectivity index (χ1) is 8.25. The lowest BCUT2D eigenvalue weighted by Gasteiger charge is -2.23. The van der Waals surface area contributed by atoms with Crippen LogP contribution >= 0.6 is 0 Å². The first-order valence-electron chi connectivity index (χ1n) is 6.45. The van der Waals surface area contributed by atoms with Crippen LogP contribution < -0.4 is 10.6 Å². The van der Waals surface area contributed by atoms with Crippen molar-refractivity contribution in [3.8, 4) is 0 Å². The molecule has 1 aromatic carbocycles. The third kappa shape index (κ3) is 3.79. The van der Waals surface area contributed by atoms with Crippen molar-refractivity contribution in [3.05, 3.63) is 35.1 Å². The average molecular weight is 236 g/mol. The van der Waals surface area contributed by atoms with Gasteiger partial charge in [0.25, 0.3) is 0 Å². The van der Waals surface area contributed by atoms with E-state index in [1.165, 1.54) is 19.3 Å². The second-order valence-electron chi connectivity index (χ2n) is 4.86. The summed E-state index contributed by atoms with van der Waals surface area (Å²) < 4.78 is 13.1. The molecule has 1 aliphatic heterocycles. The number of aryl methyl sites for hydroxylation is 1. The highest BCUT2D eigenvalue weighted by Crippen LogP contribution is 2.09. The molecule has 2 nitrogen and oxygen atoms in total. The molecule has 94 valence electrons. The maximum absolute atomic E-state index is 13.1. The molecule has 0 saturated carbocycles. The zero-order valence-corrected chi connectivity index (χ0v) is 10.4. The Balaban J connectivity index is 1.75. The van der Waals surface area contributed by atoms with Crippen LogP contribution in [0, 0.1) is 12.7 Å². The summed E-state index contributed by atoms with van der Waals surface area (Å²) in [6.07, 6.45) is 3.89. The van der Waals surface area contributed by atoms with Crippen LogP contribution in [0.15, 0.2) is 18.2 Å². The molecule has 1 unspecified atom stereocenters. The van der Waals surface area contributed by atoms with Crippen LogP contribution in [0.25, 0.3) is 0 Å². The summed E-state index contributed by atoms with van der Waals surface area (Å²) in [4.78, 5) is 0. The van der Waals surface area contributed by atoms with Crippen LogP contribution in [-0.4, -0.2) is 19.1 Å². The van der Waals surface area contributed by atoms with Gasteiger partial charge in [-0.1, -0.05) is 18.6 Å². The number of piperidine rings is 1. The number of benzene rings is 1. The number of nitrogens with one attached hydrogen (secondary N) is 2. The van der Waals surface area contributed by atoms with Gasteiger partial charge in [0.2, 0.25) is 0 Å². The topological polar surface area (TPSA) is 24.1 Å². The smallest absolute Gasteiger partial charge is 0.126 e. The van der Waals surface area contributed by atoms with E-state index in [0.29, 0.717) is 6.04 Å². The number of rotatable bonds is 4. The van der Waals surface area contributed by atoms with Gasteiger partial charge in [0.15, 0.2) is 0 Å². The van der Waals surface area contributed by atoms with Crippen molar-refractivity contribution in [2.24, 2.45) is 0 Å². The predicted molar refractivity (Wildman–Crippen MR) is 68.5 cm³/mol. The van der Waals surface area contributed by atoms with Crippen LogP contribution in [0.5, 0.6) is 0 Å². The summed E-state index contributed by atoms with van der Waals surface area (Å²) in [6.45, 7) is 4.76. The number of halogens is 1. The van der Waals surface area contributed by atoms with E-state index in [9.17, 15) is 4.39 Å². The standard InChI is InChI=1S/C14H21FN2/c1-11-8-12(5-6-14(11)15)9-16-10-13-4-2-3-7-17-13/h5-6,8,13,16-17H,2-4,7,9-10H2,1H3. The summed E-state index contributed by atoms with van der Waals surface area (Å²) in [7, 11) is 0. The minimum Gasteiger partial charge on any atom is -0.313 e. The summed E-state index contributed by atoms with van der Waals surface area (Å²) in [6, 6.07) is 5.91. The van der Waals surface area contributed by atoms with Gasteiger partial charge in [-0.25, -0.2) is 4.39 Å². The van der Waals surface area contributed by atoms with E-state index in [0.717, 1.165) is 30.8 Å². The van der Waals surface area contributed by atoms with Crippen LogP contribution in [0.4, 0.5) is 4.39 Å². The first-order valence-corrected chi connectivity index (χ1v) is 6.45. The summed E-state index contributed by atoms with van der Waals surface area (Å²) in [5, 5.41) is 6.94. The molecule has 0 radical (unpaired) electrons. The number of hydrogen-bond acceptors (Lipinski definition) is 2. The Labute approximate surface area is 103 Å². The molecule has 2 rings (SSSR count). The Morgan fingerprint density at radius 1 is 1.41 bits per heavy atom. The van der Waals surface area contributed by atoms with E-state index in [1.807, 2.05) is 19.1 Å². The average Bonchev–Trinajstić information content (AvgIpc) is 2.35. The summed E-state index contributed by atoms with van der Waals surface area (Å²) in [5.74, 6) is -0.123. The second-order valence-corrected chi connectivity index (χ2v) is 4.86. The molecule has 1 aliphatic rings. The maximum Gasteiger partial charge on any atom is 0.126 e. The first kappa shape index (κ1) is 12.5. The Morgan fingerprint density at radius 2 is 2.29 bits per heavy atom. The van der Waals surface area contributed by atoms with Crippen molar-refractivity contribution in [2.75, 3.05) is 13.1 Å². The van der Waals surface area contributed by atoms with Gasteiger partial charge in [0.05, 0.1) is 0 Å². The van der Waals surface area contributed by atoms with Crippen LogP contribution in [0.1, 0.15) is 30.4 Å². The fraction of sp³-hybridized carbons (Fsp3) is 0.571. The zero-order valence-electron chi connectivity index (χ0n) is 10.4. The summed E-state index contributed by atoms with van der Waals surface area (Å²) >= 11 is 0. The van der Waals surface area contributed by atoms with Gasteiger partial charge in [-0.2, -0.15) is 0 Å². The highest BCUT2D eigenvalue weighted by atomic mass is 19.1. The van der Waals surface area contributed by atoms with Gasteiger partial charge >= 0.3 is 0 Å². The monoisotopic (exact) mass is 236 g/mol. The zero-order chi connectivity index (χ0) is 12.1. The molecule has 3 heteroatoms. The van der Waals surface area contributed by atoms with Crippen molar-refractivity contribution in [2.45, 2.75) is 38.8 Å². The highest BCUT2D eigenvalue weighted by molar-refractivity contribution is 5.23. The van der Waals surface area contributed by atoms with Gasteiger partial charge in [0.1, 0.15) is 5.82 Å². The molecule has 1 atom stereocenters. The molecular weight excluding hydrogens is 215 g/mol. The van der Waals surface area contributed by atoms with Gasteiger partial charge in [-0.05, 0) is 43.5 Å². The Kier molecular flexibility index (Phi) is 4.51. The van der Waals surface area contributed by atoms with Crippen LogP contribution in [0.2, 0.25) is 0 Å². The maximum atomic E-state index is 13.1. The van der Waals surface area contributed by atoms with Crippen molar-refractivity contribution >= 4 is 0 Å². The third-order valence-electron chi connectivity index (χ3n) is 3.35. The normalized spacial score (nSPS) is 20.5. The Hall–Kier alpha value is -0.930. The van der Waals surface area contributed by atoms with Gasteiger partial charge in [0, 0.05) is 19.1 Å². The van der Waals surface area contributed by atoms with Gasteiger partial charge in [-0.15, -0.1) is 0 Å². The molecule has 0 spiro atoms. The van der Waals surface area contributed by atoms with Crippen molar-refractivity contribution in [1.29, 1.82) is 0 Å². The van der Waals surface area contributed by atoms with Crippen molar-refractivity contribution in [3.63, 3.8) is 0 Å². The SMILES string of the molecule is Cc1cc(CNCC2CCCCN2)ccc1F. The minimum atomic E-state index is -0.123. The minimum absolute atomic E-state index is 0.123. The fourth-order valence-electron chi connectivity index (χ4n) is 2.31. The van der Waals surface area contributed by atoms with Crippen LogP contribution in [-0.2, 0) is 6.54 Å². The van der Waals surface area contributed by atoms with E-state index in [2.05, 4.69) is 10.6 Å². The quantitative estimate of drug-likeness (QED) is 0.838. The second kappa shape index (κ2) is 6.12. The van der Waals surface area contributed by atoms with Gasteiger partial charge < -0.3 is 10.6 Å². The molecule has 0 amide bonds.